The van der Waals surface area contributed by atoms with E-state index in [0.717, 1.165) is 6.92 Å². The monoisotopic (exact) mass is 513 g/mol. The van der Waals surface area contributed by atoms with Crippen LogP contribution in [-0.4, -0.2) is 38.8 Å². The zero-order valence-corrected chi connectivity index (χ0v) is 20.9. The van der Waals surface area contributed by atoms with Gasteiger partial charge >= 0.3 is 11.9 Å². The summed E-state index contributed by atoms with van der Waals surface area (Å²) in [6.45, 7) is 4.40. The predicted molar refractivity (Wildman–Crippen MR) is 132 cm³/mol. The number of hydrogen-bond acceptors (Lipinski definition) is 8. The first-order valence-corrected chi connectivity index (χ1v) is 12.5. The molecule has 3 aromatic carbocycles. The van der Waals surface area contributed by atoms with Gasteiger partial charge in [-0.25, -0.2) is 13.2 Å². The lowest BCUT2D eigenvalue weighted by molar-refractivity contribution is -0.149. The molecule has 0 radical (unpaired) electrons. The van der Waals surface area contributed by atoms with Crippen LogP contribution in [-0.2, 0) is 24.3 Å². The van der Waals surface area contributed by atoms with E-state index in [4.69, 9.17) is 9.47 Å². The Morgan fingerprint density at radius 1 is 0.917 bits per heavy atom. The van der Waals surface area contributed by atoms with Crippen molar-refractivity contribution in [3.05, 3.63) is 78.4 Å². The number of aromatic hydroxyl groups is 1. The van der Waals surface area contributed by atoms with Gasteiger partial charge in [-0.15, -0.1) is 0 Å². The van der Waals surface area contributed by atoms with Crippen molar-refractivity contribution < 1.29 is 37.3 Å². The highest BCUT2D eigenvalue weighted by atomic mass is 32.2. The van der Waals surface area contributed by atoms with Crippen LogP contribution < -0.4 is 9.04 Å². The lowest BCUT2D eigenvalue weighted by atomic mass is 10.1. The summed E-state index contributed by atoms with van der Waals surface area (Å²) in [6.07, 6.45) is 0. The van der Waals surface area contributed by atoms with Crippen molar-refractivity contribution in [2.45, 2.75) is 25.7 Å². The Labute approximate surface area is 209 Å². The van der Waals surface area contributed by atoms with E-state index in [0.29, 0.717) is 11.5 Å². The predicted octanol–water partition coefficient (Wildman–Crippen LogP) is 4.71. The molecule has 0 aliphatic heterocycles. The quantitative estimate of drug-likeness (QED) is 0.306. The number of phenols is 1. The van der Waals surface area contributed by atoms with Crippen molar-refractivity contribution in [2.75, 3.05) is 17.6 Å². The molecule has 9 nitrogen and oxygen atoms in total. The van der Waals surface area contributed by atoms with Crippen LogP contribution in [0.4, 0.5) is 5.69 Å². The van der Waals surface area contributed by atoms with Crippen LogP contribution in [0.3, 0.4) is 0 Å². The van der Waals surface area contributed by atoms with Crippen LogP contribution in [0, 0.1) is 5.92 Å². The van der Waals surface area contributed by atoms with Gasteiger partial charge in [-0.3, -0.25) is 9.10 Å². The van der Waals surface area contributed by atoms with E-state index in [1.807, 2.05) is 32.0 Å². The van der Waals surface area contributed by atoms with E-state index in [1.54, 1.807) is 24.3 Å². The Morgan fingerprint density at radius 3 is 2.14 bits per heavy atom. The number of rotatable bonds is 10. The molecule has 36 heavy (non-hydrogen) atoms. The van der Waals surface area contributed by atoms with E-state index >= 15 is 0 Å². The molecule has 10 heteroatoms. The van der Waals surface area contributed by atoms with Gasteiger partial charge in [-0.2, -0.15) is 0 Å². The average molecular weight is 514 g/mol. The Bertz CT molecular complexity index is 1310. The molecule has 0 spiro atoms. The van der Waals surface area contributed by atoms with Crippen molar-refractivity contribution in [3.63, 3.8) is 0 Å². The lowest BCUT2D eigenvalue weighted by Crippen LogP contribution is -2.34. The summed E-state index contributed by atoms with van der Waals surface area (Å²) in [5.41, 5.74) is -0.0300. The standard InChI is InChI=1S/C26H27NO8S/c1-18(2)16-27(20-9-14-24(25(29)15-20)26(30)34-17-33-19(3)28)36(31,32)23-12-10-22(11-13-23)35-21-7-5-4-6-8-21/h4-15,18,29H,16-17H2,1-3H3. The van der Waals surface area contributed by atoms with Crippen LogP contribution in [0.1, 0.15) is 31.1 Å². The number of phenolic OH excluding ortho intramolecular Hbond substituents is 1. The molecule has 0 unspecified atom stereocenters. The van der Waals surface area contributed by atoms with Gasteiger partial charge in [0.15, 0.2) is 0 Å². The molecule has 3 aromatic rings. The number of sulfonamides is 1. The topological polar surface area (TPSA) is 119 Å². The number of esters is 2. The first kappa shape index (κ1) is 26.6. The van der Waals surface area contributed by atoms with Crippen molar-refractivity contribution in [3.8, 4) is 17.2 Å². The minimum Gasteiger partial charge on any atom is -0.507 e. The molecule has 0 aliphatic carbocycles. The number of benzene rings is 3. The molecule has 0 saturated carbocycles. The number of ether oxygens (including phenoxy) is 3. The molecule has 0 bridgehead atoms. The molecular formula is C26H27NO8S. The maximum absolute atomic E-state index is 13.5. The SMILES string of the molecule is CC(=O)OCOC(=O)c1ccc(N(CC(C)C)S(=O)(=O)c2ccc(Oc3ccccc3)cc2)cc1O. The molecule has 0 atom stereocenters. The Kier molecular flexibility index (Phi) is 8.55. The normalized spacial score (nSPS) is 11.1. The summed E-state index contributed by atoms with van der Waals surface area (Å²) in [6, 6.07) is 18.9. The van der Waals surface area contributed by atoms with Gasteiger partial charge in [0.2, 0.25) is 6.79 Å². The first-order chi connectivity index (χ1) is 17.1. The molecule has 0 aliphatic rings. The van der Waals surface area contributed by atoms with Crippen LogP contribution in [0.25, 0.3) is 0 Å². The molecule has 1 N–H and O–H groups in total. The summed E-state index contributed by atoms with van der Waals surface area (Å²) in [4.78, 5) is 23.0. The molecule has 0 fully saturated rings. The molecule has 0 amide bonds. The second kappa shape index (κ2) is 11.6. The molecule has 0 aromatic heterocycles. The van der Waals surface area contributed by atoms with E-state index in [-0.39, 0.29) is 28.6 Å². The van der Waals surface area contributed by atoms with E-state index in [1.165, 1.54) is 34.6 Å². The lowest BCUT2D eigenvalue weighted by Gasteiger charge is -2.26. The van der Waals surface area contributed by atoms with Gasteiger partial charge in [-0.1, -0.05) is 32.0 Å². The fourth-order valence-electron chi connectivity index (χ4n) is 3.20. The summed E-state index contributed by atoms with van der Waals surface area (Å²) < 4.78 is 43.3. The zero-order chi connectivity index (χ0) is 26.3. The van der Waals surface area contributed by atoms with Gasteiger partial charge in [0.25, 0.3) is 10.0 Å². The second-order valence-corrected chi connectivity index (χ2v) is 10.1. The van der Waals surface area contributed by atoms with E-state index < -0.39 is 34.5 Å². The molecule has 0 heterocycles. The fourth-order valence-corrected chi connectivity index (χ4v) is 4.82. The third kappa shape index (κ3) is 6.76. The third-order valence-electron chi connectivity index (χ3n) is 4.86. The summed E-state index contributed by atoms with van der Waals surface area (Å²) in [5.74, 6) is -0.975. The molecular weight excluding hydrogens is 486 g/mol. The number of carbonyl (C=O) groups is 2. The average Bonchev–Trinajstić information content (AvgIpc) is 2.83. The van der Waals surface area contributed by atoms with Crippen molar-refractivity contribution in [2.24, 2.45) is 5.92 Å². The van der Waals surface area contributed by atoms with Crippen LogP contribution in [0.15, 0.2) is 77.7 Å². The Hall–Kier alpha value is -4.05. The number of nitrogens with zero attached hydrogens (tertiary/aromatic N) is 1. The van der Waals surface area contributed by atoms with Crippen LogP contribution in [0.5, 0.6) is 17.2 Å². The van der Waals surface area contributed by atoms with Gasteiger partial charge < -0.3 is 19.3 Å². The summed E-state index contributed by atoms with van der Waals surface area (Å²) in [7, 11) is -4.02. The van der Waals surface area contributed by atoms with Crippen molar-refractivity contribution >= 4 is 27.6 Å². The van der Waals surface area contributed by atoms with Crippen molar-refractivity contribution in [1.29, 1.82) is 0 Å². The minimum absolute atomic E-state index is 0.0351. The highest BCUT2D eigenvalue weighted by Gasteiger charge is 2.27. The number of para-hydroxylation sites is 1. The number of hydrogen-bond donors (Lipinski definition) is 1. The highest BCUT2D eigenvalue weighted by molar-refractivity contribution is 7.92. The summed E-state index contributed by atoms with van der Waals surface area (Å²) >= 11 is 0. The number of anilines is 1. The van der Waals surface area contributed by atoms with E-state index in [9.17, 15) is 23.1 Å². The van der Waals surface area contributed by atoms with Crippen LogP contribution in [0.2, 0.25) is 0 Å². The van der Waals surface area contributed by atoms with Gasteiger partial charge in [0, 0.05) is 19.5 Å². The Morgan fingerprint density at radius 2 is 1.56 bits per heavy atom. The first-order valence-electron chi connectivity index (χ1n) is 11.1. The maximum Gasteiger partial charge on any atom is 0.344 e. The highest BCUT2D eigenvalue weighted by Crippen LogP contribution is 2.31. The second-order valence-electron chi connectivity index (χ2n) is 8.20. The van der Waals surface area contributed by atoms with Gasteiger partial charge in [0.1, 0.15) is 22.8 Å². The molecule has 0 saturated heterocycles. The molecule has 190 valence electrons. The number of carbonyl (C=O) groups excluding carboxylic acids is 2. The molecule has 3 rings (SSSR count). The fraction of sp³-hybridized carbons (Fsp3) is 0.231. The largest absolute Gasteiger partial charge is 0.507 e. The van der Waals surface area contributed by atoms with E-state index in [2.05, 4.69) is 4.74 Å². The van der Waals surface area contributed by atoms with Crippen molar-refractivity contribution in [1.82, 2.24) is 0 Å². The Balaban J connectivity index is 1.85. The minimum atomic E-state index is -4.02. The smallest absolute Gasteiger partial charge is 0.344 e. The maximum atomic E-state index is 13.5. The zero-order valence-electron chi connectivity index (χ0n) is 20.1. The van der Waals surface area contributed by atoms with Gasteiger partial charge in [0.05, 0.1) is 10.6 Å². The third-order valence-corrected chi connectivity index (χ3v) is 6.67. The van der Waals surface area contributed by atoms with Gasteiger partial charge in [-0.05, 0) is 54.4 Å². The van der Waals surface area contributed by atoms with Crippen LogP contribution >= 0.6 is 0 Å². The summed E-state index contributed by atoms with van der Waals surface area (Å²) in [5, 5.41) is 10.4.